The van der Waals surface area contributed by atoms with Gasteiger partial charge in [0.2, 0.25) is 5.91 Å². The maximum atomic E-state index is 12.0. The molecule has 3 aliphatic heterocycles. The van der Waals surface area contributed by atoms with Gasteiger partial charge in [0.05, 0.1) is 25.2 Å². The summed E-state index contributed by atoms with van der Waals surface area (Å²) in [5, 5.41) is 0. The molecule has 5 unspecified atom stereocenters. The number of piperidine rings is 3. The van der Waals surface area contributed by atoms with E-state index in [4.69, 9.17) is 0 Å². The number of hydrogen-bond acceptors (Lipinski definition) is 1. The molecule has 4 rings (SSSR count). The van der Waals surface area contributed by atoms with Crippen LogP contribution in [0.2, 0.25) is 0 Å². The zero-order chi connectivity index (χ0) is 13.7. The van der Waals surface area contributed by atoms with Gasteiger partial charge in [-0.15, -0.1) is 0 Å². The number of hydrogen-bond donors (Lipinski definition) is 1. The Bertz CT molecular complexity index is 444. The lowest BCUT2D eigenvalue weighted by Crippen LogP contribution is -3.19. The summed E-state index contributed by atoms with van der Waals surface area (Å²) in [6, 6.07) is 1.34. The van der Waals surface area contributed by atoms with Gasteiger partial charge < -0.3 is 9.80 Å². The summed E-state index contributed by atoms with van der Waals surface area (Å²) >= 11 is 0. The zero-order valence-electron chi connectivity index (χ0n) is 12.6. The Kier molecular flexibility index (Phi) is 3.13. The summed E-state index contributed by atoms with van der Waals surface area (Å²) < 4.78 is 0. The van der Waals surface area contributed by atoms with E-state index in [-0.39, 0.29) is 5.91 Å². The van der Waals surface area contributed by atoms with E-state index >= 15 is 0 Å². The molecule has 0 aromatic heterocycles. The normalized spacial score (nSPS) is 43.4. The van der Waals surface area contributed by atoms with Gasteiger partial charge in [0.1, 0.15) is 0 Å². The summed E-state index contributed by atoms with van der Waals surface area (Å²) in [5.41, 5.74) is 1.61. The van der Waals surface area contributed by atoms with E-state index in [2.05, 4.69) is 11.0 Å². The number of nitrogens with zero attached hydrogens (tertiary/aromatic N) is 1. The van der Waals surface area contributed by atoms with Gasteiger partial charge in [-0.05, 0) is 32.1 Å². The van der Waals surface area contributed by atoms with E-state index in [1.165, 1.54) is 51.6 Å². The highest BCUT2D eigenvalue weighted by atomic mass is 16.2. The Balaban J connectivity index is 1.66. The fraction of sp³-hybridized carbons (Fsp3) is 0.824. The first-order valence-electron chi connectivity index (χ1n) is 8.56. The van der Waals surface area contributed by atoms with E-state index in [1.807, 2.05) is 4.90 Å². The maximum Gasteiger partial charge on any atom is 0.219 e. The number of nitrogens with one attached hydrogen (secondary N) is 1. The zero-order valence-corrected chi connectivity index (χ0v) is 12.6. The van der Waals surface area contributed by atoms with Crippen LogP contribution in [0.25, 0.3) is 0 Å². The van der Waals surface area contributed by atoms with Gasteiger partial charge >= 0.3 is 0 Å². The van der Waals surface area contributed by atoms with Crippen LogP contribution >= 0.6 is 0 Å². The van der Waals surface area contributed by atoms with Gasteiger partial charge in [-0.25, -0.2) is 0 Å². The average Bonchev–Trinajstić information content (AvgIpc) is 2.46. The van der Waals surface area contributed by atoms with Crippen molar-refractivity contribution in [1.82, 2.24) is 4.90 Å². The lowest BCUT2D eigenvalue weighted by Gasteiger charge is -2.52. The molecular weight excluding hydrogens is 248 g/mol. The van der Waals surface area contributed by atoms with Crippen LogP contribution in [0.15, 0.2) is 11.6 Å². The minimum atomic E-state index is 0.287. The van der Waals surface area contributed by atoms with Crippen LogP contribution in [0.1, 0.15) is 45.4 Å². The summed E-state index contributed by atoms with van der Waals surface area (Å²) in [6.45, 7) is 5.42. The van der Waals surface area contributed by atoms with Crippen molar-refractivity contribution < 1.29 is 9.69 Å². The highest BCUT2D eigenvalue weighted by molar-refractivity contribution is 5.74. The second kappa shape index (κ2) is 4.87. The molecule has 3 heteroatoms. The lowest BCUT2D eigenvalue weighted by atomic mass is 9.68. The number of rotatable bonds is 0. The van der Waals surface area contributed by atoms with Crippen molar-refractivity contribution in [2.45, 2.75) is 57.5 Å². The smallest absolute Gasteiger partial charge is 0.219 e. The number of fused-ring (bicyclic) bond motifs is 6. The van der Waals surface area contributed by atoms with Crippen molar-refractivity contribution >= 4 is 5.91 Å². The Hall–Kier alpha value is -0.830. The Morgan fingerprint density at radius 3 is 3.10 bits per heavy atom. The Morgan fingerprint density at radius 1 is 1.35 bits per heavy atom. The minimum Gasteiger partial charge on any atom is -0.336 e. The van der Waals surface area contributed by atoms with Crippen LogP contribution in [0.5, 0.6) is 0 Å². The highest BCUT2D eigenvalue weighted by Gasteiger charge is 2.48. The predicted octanol–water partition coefficient (Wildman–Crippen LogP) is 1.01. The lowest BCUT2D eigenvalue weighted by molar-refractivity contribution is -0.943. The van der Waals surface area contributed by atoms with Crippen molar-refractivity contribution in [2.75, 3.05) is 19.6 Å². The van der Waals surface area contributed by atoms with Crippen LogP contribution in [0.4, 0.5) is 0 Å². The van der Waals surface area contributed by atoms with E-state index in [1.54, 1.807) is 12.5 Å². The van der Waals surface area contributed by atoms with Crippen molar-refractivity contribution in [2.24, 2.45) is 11.8 Å². The molecule has 0 aromatic carbocycles. The fourth-order valence-electron chi connectivity index (χ4n) is 5.54. The second-order valence-electron chi connectivity index (χ2n) is 7.38. The highest BCUT2D eigenvalue weighted by Crippen LogP contribution is 2.40. The molecule has 1 N–H and O–H groups in total. The molecular formula is C17H27N2O+. The molecule has 0 saturated carbocycles. The Labute approximate surface area is 122 Å². The van der Waals surface area contributed by atoms with Gasteiger partial charge in [-0.1, -0.05) is 11.6 Å². The molecule has 2 bridgehead atoms. The molecule has 0 spiro atoms. The first kappa shape index (κ1) is 12.9. The molecule has 0 aromatic rings. The number of amides is 1. The first-order valence-corrected chi connectivity index (χ1v) is 8.56. The third kappa shape index (κ3) is 1.93. The third-order valence-corrected chi connectivity index (χ3v) is 6.26. The number of carbonyl (C=O) groups excluding carboxylic acids is 1. The van der Waals surface area contributed by atoms with Crippen LogP contribution in [-0.4, -0.2) is 42.5 Å². The summed E-state index contributed by atoms with van der Waals surface area (Å²) in [4.78, 5) is 16.0. The molecule has 3 fully saturated rings. The van der Waals surface area contributed by atoms with Crippen molar-refractivity contribution in [3.63, 3.8) is 0 Å². The fourth-order valence-corrected chi connectivity index (χ4v) is 5.54. The van der Waals surface area contributed by atoms with Crippen molar-refractivity contribution in [3.05, 3.63) is 11.6 Å². The van der Waals surface area contributed by atoms with Crippen LogP contribution in [0.3, 0.4) is 0 Å². The topological polar surface area (TPSA) is 24.8 Å². The molecule has 1 aliphatic carbocycles. The molecule has 1 amide bonds. The van der Waals surface area contributed by atoms with Gasteiger partial charge in [-0.2, -0.15) is 0 Å². The second-order valence-corrected chi connectivity index (χ2v) is 7.38. The largest absolute Gasteiger partial charge is 0.336 e. The summed E-state index contributed by atoms with van der Waals surface area (Å²) in [5.74, 6) is 1.82. The van der Waals surface area contributed by atoms with Crippen LogP contribution < -0.4 is 4.90 Å². The van der Waals surface area contributed by atoms with E-state index < -0.39 is 0 Å². The molecule has 20 heavy (non-hydrogen) atoms. The maximum absolute atomic E-state index is 12.0. The Morgan fingerprint density at radius 2 is 2.25 bits per heavy atom. The van der Waals surface area contributed by atoms with Gasteiger partial charge in [0, 0.05) is 31.7 Å². The minimum absolute atomic E-state index is 0.287. The van der Waals surface area contributed by atoms with Crippen LogP contribution in [0, 0.1) is 11.8 Å². The molecule has 110 valence electrons. The molecule has 4 aliphatic rings. The van der Waals surface area contributed by atoms with Gasteiger partial charge in [-0.3, -0.25) is 4.79 Å². The summed E-state index contributed by atoms with van der Waals surface area (Å²) in [7, 11) is 0. The SMILES string of the molecule is CC(=O)N1CCCC2=CC3CC(C[NH+]4CCCCC34)C21. The first-order chi connectivity index (χ1) is 9.74. The number of quaternary nitrogens is 1. The number of carbonyl (C=O) groups is 1. The predicted molar refractivity (Wildman–Crippen MR) is 78.4 cm³/mol. The standard InChI is InChI=1S/C17H26N2O/c1-12(20)19-8-4-5-13-9-14-10-15(17(13)19)11-18-7-3-2-6-16(14)18/h9,14-17H,2-8,10-11H2,1H3/p+1. The summed E-state index contributed by atoms with van der Waals surface area (Å²) in [6.07, 6.45) is 10.6. The van der Waals surface area contributed by atoms with Gasteiger partial charge in [0.25, 0.3) is 0 Å². The number of likely N-dealkylation sites (tertiary alicyclic amines) is 1. The molecule has 3 nitrogen and oxygen atoms in total. The third-order valence-electron chi connectivity index (χ3n) is 6.26. The van der Waals surface area contributed by atoms with Gasteiger partial charge in [0.15, 0.2) is 0 Å². The molecule has 5 atom stereocenters. The van der Waals surface area contributed by atoms with E-state index in [0.717, 1.165) is 24.4 Å². The monoisotopic (exact) mass is 275 g/mol. The molecule has 3 saturated heterocycles. The van der Waals surface area contributed by atoms with Crippen molar-refractivity contribution in [1.29, 1.82) is 0 Å². The van der Waals surface area contributed by atoms with E-state index in [9.17, 15) is 4.79 Å². The van der Waals surface area contributed by atoms with Crippen LogP contribution in [-0.2, 0) is 4.79 Å². The van der Waals surface area contributed by atoms with E-state index in [0.29, 0.717) is 6.04 Å². The molecule has 0 radical (unpaired) electrons. The van der Waals surface area contributed by atoms with Crippen molar-refractivity contribution in [3.8, 4) is 0 Å². The molecule has 3 heterocycles. The average molecular weight is 275 g/mol. The quantitative estimate of drug-likeness (QED) is 0.656.